The minimum atomic E-state index is 0.432. The maximum absolute atomic E-state index is 5.47. The number of rotatable bonds is 2. The van der Waals surface area contributed by atoms with E-state index in [9.17, 15) is 0 Å². The summed E-state index contributed by atoms with van der Waals surface area (Å²) in [6.07, 6.45) is 0. The molecule has 6 heteroatoms. The highest BCUT2D eigenvalue weighted by molar-refractivity contribution is 7.13. The summed E-state index contributed by atoms with van der Waals surface area (Å²) in [5, 5.41) is 5.95. The van der Waals surface area contributed by atoms with Gasteiger partial charge in [-0.2, -0.15) is 0 Å². The smallest absolute Gasteiger partial charge is 0.254 e. The molecule has 2 rings (SSSR count). The summed E-state index contributed by atoms with van der Waals surface area (Å²) in [7, 11) is 1.52. The number of hydrogen-bond donors (Lipinski definition) is 1. The van der Waals surface area contributed by atoms with Gasteiger partial charge >= 0.3 is 0 Å². The van der Waals surface area contributed by atoms with E-state index in [0.717, 1.165) is 0 Å². The summed E-state index contributed by atoms with van der Waals surface area (Å²) >= 11 is 1.35. The number of thiazole rings is 1. The minimum Gasteiger partial charge on any atom is -0.479 e. The van der Waals surface area contributed by atoms with Crippen molar-refractivity contribution >= 4 is 16.5 Å². The van der Waals surface area contributed by atoms with Gasteiger partial charge < -0.3 is 15.0 Å². The van der Waals surface area contributed by atoms with E-state index in [1.54, 1.807) is 11.4 Å². The fraction of sp³-hybridized carbons (Fsp3) is 0.143. The fourth-order valence-electron chi connectivity index (χ4n) is 0.877. The van der Waals surface area contributed by atoms with Crippen molar-refractivity contribution in [3.63, 3.8) is 0 Å². The van der Waals surface area contributed by atoms with Crippen molar-refractivity contribution in [1.29, 1.82) is 0 Å². The zero-order chi connectivity index (χ0) is 9.26. The van der Waals surface area contributed by atoms with Gasteiger partial charge in [0, 0.05) is 5.38 Å². The molecule has 5 nitrogen and oxygen atoms in total. The number of methoxy groups -OCH3 is 1. The largest absolute Gasteiger partial charge is 0.479 e. The van der Waals surface area contributed by atoms with Crippen molar-refractivity contribution < 1.29 is 9.26 Å². The van der Waals surface area contributed by atoms with Gasteiger partial charge in [0.1, 0.15) is 5.69 Å². The Morgan fingerprint density at radius 2 is 2.46 bits per heavy atom. The molecular formula is C7H7N3O2S. The second-order valence-corrected chi connectivity index (χ2v) is 3.19. The standard InChI is InChI=1S/C7H7N3O2S/c1-11-6-2-5(12-10-6)4-3-13-7(8)9-4/h2-3H,1H3,(H2,8,9). The summed E-state index contributed by atoms with van der Waals surface area (Å²) < 4.78 is 9.83. The Bertz CT molecular complexity index is 409. The molecule has 2 N–H and O–H groups in total. The van der Waals surface area contributed by atoms with E-state index in [1.165, 1.54) is 18.4 Å². The third-order valence-corrected chi connectivity index (χ3v) is 2.15. The van der Waals surface area contributed by atoms with Gasteiger partial charge in [-0.1, -0.05) is 0 Å². The Hall–Kier alpha value is -1.56. The molecule has 0 radical (unpaired) electrons. The van der Waals surface area contributed by atoms with Gasteiger partial charge in [0.15, 0.2) is 10.9 Å². The van der Waals surface area contributed by atoms with E-state index >= 15 is 0 Å². The molecular weight excluding hydrogens is 190 g/mol. The Labute approximate surface area is 78.1 Å². The molecule has 0 spiro atoms. The molecule has 13 heavy (non-hydrogen) atoms. The summed E-state index contributed by atoms with van der Waals surface area (Å²) in [6, 6.07) is 1.66. The van der Waals surface area contributed by atoms with Crippen LogP contribution in [0.3, 0.4) is 0 Å². The van der Waals surface area contributed by atoms with Gasteiger partial charge in [-0.05, 0) is 5.16 Å². The van der Waals surface area contributed by atoms with Crippen molar-refractivity contribution in [1.82, 2.24) is 10.1 Å². The van der Waals surface area contributed by atoms with Crippen molar-refractivity contribution in [2.24, 2.45) is 0 Å². The SMILES string of the molecule is COc1cc(-c2csc(N)n2)on1. The molecule has 0 aliphatic carbocycles. The second-order valence-electron chi connectivity index (χ2n) is 2.30. The Morgan fingerprint density at radius 1 is 1.62 bits per heavy atom. The number of nitrogens with zero attached hydrogens (tertiary/aromatic N) is 2. The lowest BCUT2D eigenvalue weighted by Gasteiger charge is -1.84. The molecule has 0 saturated heterocycles. The molecule has 0 aliphatic rings. The first-order chi connectivity index (χ1) is 6.29. The summed E-state index contributed by atoms with van der Waals surface area (Å²) in [5.41, 5.74) is 6.15. The third kappa shape index (κ3) is 1.48. The van der Waals surface area contributed by atoms with Crippen LogP contribution >= 0.6 is 11.3 Å². The highest BCUT2D eigenvalue weighted by Crippen LogP contribution is 2.25. The molecule has 0 unspecified atom stereocenters. The van der Waals surface area contributed by atoms with E-state index in [0.29, 0.717) is 22.5 Å². The molecule has 2 aromatic heterocycles. The fourth-order valence-corrected chi connectivity index (χ4v) is 1.43. The molecule has 0 aliphatic heterocycles. The Morgan fingerprint density at radius 3 is 3.00 bits per heavy atom. The molecule has 0 amide bonds. The number of nitrogens with two attached hydrogens (primary N) is 1. The van der Waals surface area contributed by atoms with Crippen molar-refractivity contribution in [3.05, 3.63) is 11.4 Å². The zero-order valence-corrected chi connectivity index (χ0v) is 7.67. The van der Waals surface area contributed by atoms with Gasteiger partial charge in [0.25, 0.3) is 5.88 Å². The molecule has 2 heterocycles. The van der Waals surface area contributed by atoms with Gasteiger partial charge in [-0.25, -0.2) is 4.98 Å². The predicted octanol–water partition coefficient (Wildman–Crippen LogP) is 1.39. The van der Waals surface area contributed by atoms with Crippen LogP contribution in [0.25, 0.3) is 11.5 Å². The molecule has 0 atom stereocenters. The zero-order valence-electron chi connectivity index (χ0n) is 6.85. The van der Waals surface area contributed by atoms with Crippen LogP contribution in [-0.4, -0.2) is 17.3 Å². The van der Waals surface area contributed by atoms with Crippen molar-refractivity contribution in [3.8, 4) is 17.3 Å². The first kappa shape index (κ1) is 8.06. The average molecular weight is 197 g/mol. The molecule has 68 valence electrons. The van der Waals surface area contributed by atoms with E-state index in [4.69, 9.17) is 15.0 Å². The lowest BCUT2D eigenvalue weighted by Crippen LogP contribution is -1.81. The van der Waals surface area contributed by atoms with E-state index < -0.39 is 0 Å². The molecule has 0 aromatic carbocycles. The third-order valence-electron chi connectivity index (χ3n) is 1.47. The maximum atomic E-state index is 5.47. The first-order valence-corrected chi connectivity index (χ1v) is 4.39. The summed E-state index contributed by atoms with van der Waals surface area (Å²) in [6.45, 7) is 0. The van der Waals surface area contributed by atoms with Crippen LogP contribution in [0.5, 0.6) is 5.88 Å². The Balaban J connectivity index is 2.35. The first-order valence-electron chi connectivity index (χ1n) is 3.51. The van der Waals surface area contributed by atoms with E-state index in [-0.39, 0.29) is 0 Å². The number of hydrogen-bond acceptors (Lipinski definition) is 6. The minimum absolute atomic E-state index is 0.432. The quantitative estimate of drug-likeness (QED) is 0.787. The number of aromatic nitrogens is 2. The van der Waals surface area contributed by atoms with E-state index in [1.807, 2.05) is 0 Å². The van der Waals surface area contributed by atoms with Crippen molar-refractivity contribution in [2.45, 2.75) is 0 Å². The van der Waals surface area contributed by atoms with Crippen LogP contribution in [0.15, 0.2) is 16.0 Å². The van der Waals surface area contributed by atoms with Gasteiger partial charge in [-0.15, -0.1) is 11.3 Å². The maximum Gasteiger partial charge on any atom is 0.254 e. The van der Waals surface area contributed by atoms with Crippen molar-refractivity contribution in [2.75, 3.05) is 12.8 Å². The highest BCUT2D eigenvalue weighted by Gasteiger charge is 2.09. The van der Waals surface area contributed by atoms with Crippen LogP contribution in [0, 0.1) is 0 Å². The Kier molecular flexibility index (Phi) is 1.90. The topological polar surface area (TPSA) is 74.2 Å². The lowest BCUT2D eigenvalue weighted by atomic mass is 10.4. The van der Waals surface area contributed by atoms with Crippen LogP contribution in [0.2, 0.25) is 0 Å². The average Bonchev–Trinajstić information content (AvgIpc) is 2.71. The number of anilines is 1. The predicted molar refractivity (Wildman–Crippen MR) is 48.6 cm³/mol. The molecule has 2 aromatic rings. The highest BCUT2D eigenvalue weighted by atomic mass is 32.1. The number of nitrogen functional groups attached to an aromatic ring is 1. The van der Waals surface area contributed by atoms with Gasteiger partial charge in [-0.3, -0.25) is 0 Å². The van der Waals surface area contributed by atoms with Crippen LogP contribution in [0.4, 0.5) is 5.13 Å². The van der Waals surface area contributed by atoms with Gasteiger partial charge in [0.2, 0.25) is 0 Å². The number of ether oxygens (including phenoxy) is 1. The van der Waals surface area contributed by atoms with Crippen LogP contribution in [-0.2, 0) is 0 Å². The molecule has 0 saturated carbocycles. The summed E-state index contributed by atoms with van der Waals surface area (Å²) in [4.78, 5) is 4.04. The lowest BCUT2D eigenvalue weighted by molar-refractivity contribution is 0.342. The summed E-state index contributed by atoms with van der Waals surface area (Å²) in [5.74, 6) is 0.992. The van der Waals surface area contributed by atoms with E-state index in [2.05, 4.69) is 10.1 Å². The second kappa shape index (κ2) is 3.06. The molecule has 0 bridgehead atoms. The van der Waals surface area contributed by atoms with Crippen LogP contribution < -0.4 is 10.5 Å². The molecule has 0 fully saturated rings. The van der Waals surface area contributed by atoms with Gasteiger partial charge in [0.05, 0.1) is 13.2 Å². The monoisotopic (exact) mass is 197 g/mol. The normalized spacial score (nSPS) is 10.2. The van der Waals surface area contributed by atoms with Crippen LogP contribution in [0.1, 0.15) is 0 Å².